The van der Waals surface area contributed by atoms with Gasteiger partial charge in [0, 0.05) is 58.9 Å². The van der Waals surface area contributed by atoms with Crippen LogP contribution in [0.4, 0.5) is 10.3 Å². The fraction of sp³-hybridized carbons (Fsp3) is 0.494. The highest BCUT2D eigenvalue weighted by atomic mass is 32.2. The molecule has 1 aliphatic heterocycles. The lowest BCUT2D eigenvalue weighted by Gasteiger charge is -2.26. The Bertz CT molecular complexity index is 5820. The van der Waals surface area contributed by atoms with E-state index >= 15 is 0 Å². The second-order valence-corrected chi connectivity index (χ2v) is 40.0. The summed E-state index contributed by atoms with van der Waals surface area (Å²) >= 11 is 2.78. The Morgan fingerprint density at radius 2 is 0.844 bits per heavy atom. The van der Waals surface area contributed by atoms with Gasteiger partial charge in [-0.2, -0.15) is 20.8 Å². The van der Waals surface area contributed by atoms with Gasteiger partial charge < -0.3 is 27.4 Å². The molecule has 6 aromatic carbocycles. The number of nitrogens with zero attached hydrogens (tertiary/aromatic N) is 14. The summed E-state index contributed by atoms with van der Waals surface area (Å²) in [6, 6.07) is 27.1. The minimum absolute atomic E-state index is 0.0976. The number of tetrazole rings is 3. The van der Waals surface area contributed by atoms with E-state index in [-0.39, 0.29) is 68.8 Å². The topological polar surface area (TPSA) is 559 Å². The van der Waals surface area contributed by atoms with Gasteiger partial charge in [-0.05, 0) is 193 Å². The molecule has 0 bridgehead atoms. The summed E-state index contributed by atoms with van der Waals surface area (Å²) in [4.78, 5) is 13.9. The number of primary sulfonamides is 3. The maximum absolute atomic E-state index is 13.2. The number of hydrogen-bond acceptors (Lipinski definition) is 29. The zero-order valence-corrected chi connectivity index (χ0v) is 74.3. The fourth-order valence-electron chi connectivity index (χ4n) is 16.6. The summed E-state index contributed by atoms with van der Waals surface area (Å²) in [5, 5.41) is 86.5. The Hall–Kier alpha value is -9.26. The molecule has 0 saturated heterocycles. The lowest BCUT2D eigenvalue weighted by atomic mass is 9.83. The van der Waals surface area contributed by atoms with E-state index in [2.05, 4.69) is 101 Å². The average molecular weight is 1790 g/mol. The Kier molecular flexibility index (Phi) is 34.0. The highest BCUT2D eigenvalue weighted by Gasteiger charge is 2.33. The molecule has 2 saturated carbocycles. The number of aliphatic imine (C=N–C) groups is 1. The van der Waals surface area contributed by atoms with Crippen molar-refractivity contribution in [1.82, 2.24) is 71.8 Å². The summed E-state index contributed by atoms with van der Waals surface area (Å²) in [6.07, 6.45) is 31.7. The van der Waals surface area contributed by atoms with Gasteiger partial charge in [0.05, 0.1) is 40.0 Å². The minimum atomic E-state index is -4.06. The molecule has 0 spiro atoms. The summed E-state index contributed by atoms with van der Waals surface area (Å²) in [6.45, 7) is 4.81. The molecule has 122 heavy (non-hydrogen) atoms. The number of aliphatic hydroxyl groups excluding tert-OH is 2. The number of azo groups is 1. The zero-order chi connectivity index (χ0) is 87.0. The molecule has 11 aromatic rings. The van der Waals surface area contributed by atoms with Gasteiger partial charge in [0.2, 0.25) is 47.5 Å². The van der Waals surface area contributed by atoms with E-state index in [1.165, 1.54) is 54.6 Å². The number of sulfonamides is 3. The van der Waals surface area contributed by atoms with Crippen molar-refractivity contribution < 1.29 is 43.9 Å². The first-order chi connectivity index (χ1) is 58.7. The van der Waals surface area contributed by atoms with Crippen molar-refractivity contribution >= 4 is 99.1 Å². The third-order valence-electron chi connectivity index (χ3n) is 22.4. The third kappa shape index (κ3) is 24.8. The molecule has 656 valence electrons. The van der Waals surface area contributed by atoms with Crippen molar-refractivity contribution in [2.45, 2.75) is 245 Å². The number of fused-ring (bicyclic) bond motifs is 2. The number of para-hydroxylation sites is 2. The molecule has 0 unspecified atom stereocenters. The molecule has 2 aliphatic carbocycles. The van der Waals surface area contributed by atoms with Gasteiger partial charge in [0.15, 0.2) is 32.6 Å². The normalized spacial score (nSPS) is 15.2. The maximum atomic E-state index is 13.2. The smallest absolute Gasteiger partial charge is 0.239 e. The van der Waals surface area contributed by atoms with E-state index in [1.54, 1.807) is 0 Å². The first-order valence-electron chi connectivity index (χ1n) is 42.0. The molecule has 5 aromatic heterocycles. The number of aryl methyl sites for hydroxylation is 5. The monoisotopic (exact) mass is 1780 g/mol. The number of H-pyrrole nitrogens is 3. The number of nitrogen functional groups attached to an aromatic ring is 2. The Morgan fingerprint density at radius 3 is 1.29 bits per heavy atom. The van der Waals surface area contributed by atoms with Crippen LogP contribution in [0.3, 0.4) is 0 Å². The summed E-state index contributed by atoms with van der Waals surface area (Å²) in [7, 11) is -15.6. The largest absolute Gasteiger partial charge is 0.396 e. The summed E-state index contributed by atoms with van der Waals surface area (Å²) in [5.74, 6) is 2.01. The number of hydrogen-bond donors (Lipinski definition) is 11. The van der Waals surface area contributed by atoms with E-state index in [9.17, 15) is 33.7 Å². The SMILES string of the molecule is CCCCCCCc1ccc(CCCCCCO)c(-c2nn[nH]n2)c1S(N)(=O)=O.CCCCCCc1ccc(CCCCCO)c(-c2nn[nH]n2)c1S(N)(=O)=O.CS(=O)(=O)c1c(CCC2CCC(N)CC2)ccc(-c2cccc3sc(N)nc23)c1-c1nn[nH]n1.Nc1nc2c(-c3ccc(CC4CCCCC4)c(S(N)(=O)=O)c3C3=NCN=N3)cccc2s1. The lowest BCUT2D eigenvalue weighted by molar-refractivity contribution is 0.282. The number of unbranched alkanes of at least 4 members (excludes halogenated alkanes) is 12. The molecule has 3 aliphatic rings. The van der Waals surface area contributed by atoms with Gasteiger partial charge in [-0.1, -0.05) is 206 Å². The maximum Gasteiger partial charge on any atom is 0.239 e. The quantitative estimate of drug-likeness (QED) is 0.0161. The van der Waals surface area contributed by atoms with Crippen LogP contribution in [0, 0.1) is 11.8 Å². The van der Waals surface area contributed by atoms with Crippen molar-refractivity contribution in [1.29, 1.82) is 0 Å². The van der Waals surface area contributed by atoms with Crippen molar-refractivity contribution in [3.05, 3.63) is 124 Å². The second kappa shape index (κ2) is 44.4. The highest BCUT2D eigenvalue weighted by molar-refractivity contribution is 7.91. The van der Waals surface area contributed by atoms with Crippen LogP contribution in [-0.2, 0) is 78.4 Å². The standard InChI is InChI=1S/C23H27N7O2S2.C22H24N6O2S2.C20H33N5O3S.C18H29N5O3S/c1-34(31,32)21-14(8-5-13-6-10-15(24)11-7-13)9-12-16(19(21)22-27-29-30-28-22)17-3-2-4-18-20(17)26-23(25)33-18;23-22-27-19-16(7-4-8-17(19)31-22)15-10-9-14(11-13-5-2-1-3-6-13)20(32(24,29)30)18(15)21-25-12-26-28-21;1-2-3-4-5-9-12-17-14-13-16(11-8-6-7-10-15-26)18(19(17)29(21,27)28)20-22-24-25-23-20;1-2-3-4-6-10-15-12-11-14(9-7-5-8-13-24)16(17(15)27(19,25)26)18-20-22-23-21-18/h2-4,9,12-13,15H,5-8,10-11,24H2,1H3,(H2,25,26)(H,27,28,29,30);4,7-10,13H,1-3,5-6,11-12H2,(H2,23,27)(H2,24,29,30);13-14,26H,2-12,15H2,1H3,(H2,21,27,28)(H,22,23,24,25);11-12,24H,2-10,13H2,1H3,(H2,19,25,26)(H,20,21,22,23). The second-order valence-electron chi connectivity index (χ2n) is 31.4. The molecule has 2 fully saturated rings. The van der Waals surface area contributed by atoms with Crippen LogP contribution in [0.1, 0.15) is 220 Å². The van der Waals surface area contributed by atoms with Crippen molar-refractivity contribution in [3.8, 4) is 56.4 Å². The van der Waals surface area contributed by atoms with Crippen molar-refractivity contribution in [3.63, 3.8) is 0 Å². The van der Waals surface area contributed by atoms with Gasteiger partial charge in [0.25, 0.3) is 0 Å². The number of nitrogens with one attached hydrogen (secondary N) is 3. The number of aromatic nitrogens is 14. The molecule has 0 radical (unpaired) electrons. The van der Waals surface area contributed by atoms with Crippen LogP contribution in [0.2, 0.25) is 0 Å². The number of sulfone groups is 1. The molecule has 17 N–H and O–H groups in total. The predicted octanol–water partition coefficient (Wildman–Crippen LogP) is 13.5. The van der Waals surface area contributed by atoms with Gasteiger partial charge in [-0.15, -0.1) is 35.7 Å². The molecule has 39 heteroatoms. The van der Waals surface area contributed by atoms with E-state index in [1.807, 2.05) is 84.9 Å². The molecule has 33 nitrogen and oxygen atoms in total. The van der Waals surface area contributed by atoms with E-state index in [0.717, 1.165) is 184 Å². The number of anilines is 2. The number of amidine groups is 1. The van der Waals surface area contributed by atoms with Crippen molar-refractivity contribution in [2.24, 2.45) is 48.2 Å². The van der Waals surface area contributed by atoms with Gasteiger partial charge in [-0.25, -0.2) is 64.0 Å². The predicted molar refractivity (Wildman–Crippen MR) is 478 cm³/mol. The first kappa shape index (κ1) is 93.4. The number of aliphatic hydroxyl groups is 2. The number of nitrogens with two attached hydrogens (primary N) is 6. The number of thiazole rings is 2. The molecule has 6 heterocycles. The number of rotatable bonds is 37. The van der Waals surface area contributed by atoms with Gasteiger partial charge in [-0.3, -0.25) is 0 Å². The third-order valence-corrected chi connectivity index (χ3v) is 28.5. The van der Waals surface area contributed by atoms with Crippen LogP contribution in [0.25, 0.3) is 76.9 Å². The van der Waals surface area contributed by atoms with Crippen LogP contribution in [0.5, 0.6) is 0 Å². The minimum Gasteiger partial charge on any atom is -0.396 e. The Labute approximate surface area is 720 Å². The van der Waals surface area contributed by atoms with Crippen LogP contribution >= 0.6 is 22.7 Å². The fourth-order valence-corrected chi connectivity index (χ4v) is 22.5. The van der Waals surface area contributed by atoms with Crippen molar-refractivity contribution in [2.75, 3.05) is 37.6 Å². The lowest BCUT2D eigenvalue weighted by Crippen LogP contribution is -2.26. The van der Waals surface area contributed by atoms with E-state index in [0.29, 0.717) is 116 Å². The summed E-state index contributed by atoms with van der Waals surface area (Å²) in [5.41, 5.74) is 28.7. The Morgan fingerprint density at radius 1 is 0.434 bits per heavy atom. The summed E-state index contributed by atoms with van der Waals surface area (Å²) < 4.78 is 104. The zero-order valence-electron chi connectivity index (χ0n) is 69.4. The molecule has 0 amide bonds. The molecular weight excluding hydrogens is 1670 g/mol. The van der Waals surface area contributed by atoms with E-state index < -0.39 is 39.9 Å². The van der Waals surface area contributed by atoms with Gasteiger partial charge >= 0.3 is 0 Å². The van der Waals surface area contributed by atoms with Gasteiger partial charge in [0.1, 0.15) is 0 Å². The first-order valence-corrected chi connectivity index (χ1v) is 50.2. The highest BCUT2D eigenvalue weighted by Crippen LogP contribution is 2.45. The molecular formula is C83H113N23O10S6. The van der Waals surface area contributed by atoms with Crippen LogP contribution in [-0.4, -0.2) is 154 Å². The molecule has 14 rings (SSSR count). The Balaban J connectivity index is 0.000000159. The molecule has 0 atom stereocenters. The number of aromatic amines is 3. The van der Waals surface area contributed by atoms with Crippen LogP contribution in [0.15, 0.2) is 120 Å². The average Bonchev–Trinajstić information content (AvgIpc) is 1.48. The number of benzene rings is 6. The van der Waals surface area contributed by atoms with E-state index in [4.69, 9.17) is 42.8 Å². The van der Waals surface area contributed by atoms with Crippen LogP contribution < -0.4 is 32.6 Å².